The first-order valence-corrected chi connectivity index (χ1v) is 6.64. The Balaban J connectivity index is 2.46. The molecule has 20 heavy (non-hydrogen) atoms. The first-order chi connectivity index (χ1) is 9.55. The molecule has 0 spiro atoms. The summed E-state index contributed by atoms with van der Waals surface area (Å²) < 4.78 is 18.8. The Hall–Kier alpha value is -1.87. The van der Waals surface area contributed by atoms with Crippen molar-refractivity contribution in [3.05, 3.63) is 64.5 Å². The van der Waals surface area contributed by atoms with Gasteiger partial charge in [-0.05, 0) is 67.4 Å². The lowest BCUT2D eigenvalue weighted by molar-refractivity contribution is 0.414. The van der Waals surface area contributed by atoms with Crippen LogP contribution in [0.15, 0.2) is 36.4 Å². The zero-order valence-electron chi connectivity index (χ0n) is 12.3. The third-order valence-electron chi connectivity index (χ3n) is 3.47. The number of benzene rings is 2. The Kier molecular flexibility index (Phi) is 4.40. The summed E-state index contributed by atoms with van der Waals surface area (Å²) in [7, 11) is 3.54. The fraction of sp³-hybridized carbons (Fsp3) is 0.294. The molecular weight excluding hydrogens is 253 g/mol. The van der Waals surface area contributed by atoms with Crippen molar-refractivity contribution in [1.29, 1.82) is 0 Å². The fourth-order valence-corrected chi connectivity index (χ4v) is 2.53. The van der Waals surface area contributed by atoms with Crippen LogP contribution in [0.1, 0.15) is 28.3 Å². The number of hydrogen-bond donors (Lipinski definition) is 1. The van der Waals surface area contributed by atoms with E-state index in [4.69, 9.17) is 4.74 Å². The van der Waals surface area contributed by atoms with Crippen molar-refractivity contribution < 1.29 is 9.13 Å². The minimum atomic E-state index is -0.202. The number of hydrogen-bond acceptors (Lipinski definition) is 2. The lowest BCUT2D eigenvalue weighted by Crippen LogP contribution is -2.19. The number of aryl methyl sites for hydroxylation is 2. The topological polar surface area (TPSA) is 21.3 Å². The molecule has 2 aromatic rings. The van der Waals surface area contributed by atoms with Crippen molar-refractivity contribution in [1.82, 2.24) is 5.32 Å². The summed E-state index contributed by atoms with van der Waals surface area (Å²) in [6.07, 6.45) is 0. The molecule has 0 aliphatic carbocycles. The van der Waals surface area contributed by atoms with E-state index in [1.165, 1.54) is 6.07 Å². The lowest BCUT2D eigenvalue weighted by atomic mass is 9.94. The number of halogens is 1. The van der Waals surface area contributed by atoms with Gasteiger partial charge < -0.3 is 10.1 Å². The minimum absolute atomic E-state index is 0.0321. The first-order valence-electron chi connectivity index (χ1n) is 6.64. The maximum absolute atomic E-state index is 13.6. The van der Waals surface area contributed by atoms with E-state index in [0.717, 1.165) is 28.0 Å². The van der Waals surface area contributed by atoms with E-state index in [1.807, 2.05) is 45.2 Å². The molecule has 0 aliphatic rings. The van der Waals surface area contributed by atoms with E-state index < -0.39 is 0 Å². The molecule has 0 bridgehead atoms. The van der Waals surface area contributed by atoms with Crippen molar-refractivity contribution >= 4 is 0 Å². The zero-order valence-corrected chi connectivity index (χ0v) is 12.3. The van der Waals surface area contributed by atoms with Crippen LogP contribution in [0.4, 0.5) is 4.39 Å². The van der Waals surface area contributed by atoms with Gasteiger partial charge in [0.05, 0.1) is 13.2 Å². The summed E-state index contributed by atoms with van der Waals surface area (Å²) in [5, 5.41) is 3.26. The standard InChI is InChI=1S/C17H20FNO/c1-11-7-13(10-14(18)8-11)17(19-3)16-6-5-15(20-4)9-12(16)2/h5-10,17,19H,1-4H3. The van der Waals surface area contributed by atoms with Crippen LogP contribution >= 0.6 is 0 Å². The Labute approximate surface area is 119 Å². The van der Waals surface area contributed by atoms with Crippen molar-refractivity contribution in [3.63, 3.8) is 0 Å². The molecule has 0 saturated carbocycles. The van der Waals surface area contributed by atoms with Gasteiger partial charge in [0.2, 0.25) is 0 Å². The quantitative estimate of drug-likeness (QED) is 0.915. The SMILES string of the molecule is CNC(c1cc(C)cc(F)c1)c1ccc(OC)cc1C. The van der Waals surface area contributed by atoms with Crippen LogP contribution in [0, 0.1) is 19.7 Å². The van der Waals surface area contributed by atoms with Crippen LogP contribution in [-0.2, 0) is 0 Å². The number of methoxy groups -OCH3 is 1. The number of nitrogens with one attached hydrogen (secondary N) is 1. The maximum Gasteiger partial charge on any atom is 0.123 e. The highest BCUT2D eigenvalue weighted by Crippen LogP contribution is 2.28. The lowest BCUT2D eigenvalue weighted by Gasteiger charge is -2.20. The summed E-state index contributed by atoms with van der Waals surface area (Å²) in [6.45, 7) is 3.94. The van der Waals surface area contributed by atoms with E-state index in [-0.39, 0.29) is 11.9 Å². The minimum Gasteiger partial charge on any atom is -0.497 e. The van der Waals surface area contributed by atoms with Gasteiger partial charge in [0.15, 0.2) is 0 Å². The predicted molar refractivity (Wildman–Crippen MR) is 79.8 cm³/mol. The Morgan fingerprint density at radius 2 is 1.85 bits per heavy atom. The summed E-state index contributed by atoms with van der Waals surface area (Å²) in [4.78, 5) is 0. The molecule has 106 valence electrons. The van der Waals surface area contributed by atoms with Gasteiger partial charge in [0.25, 0.3) is 0 Å². The molecular formula is C17H20FNO. The molecule has 2 aromatic carbocycles. The van der Waals surface area contributed by atoms with Crippen molar-refractivity contribution in [2.45, 2.75) is 19.9 Å². The molecule has 0 aromatic heterocycles. The molecule has 2 rings (SSSR count). The Bertz CT molecular complexity index is 590. The molecule has 0 radical (unpaired) electrons. The van der Waals surface area contributed by atoms with Crippen LogP contribution in [0.3, 0.4) is 0 Å². The molecule has 1 unspecified atom stereocenters. The number of rotatable bonds is 4. The third-order valence-corrected chi connectivity index (χ3v) is 3.47. The third kappa shape index (κ3) is 2.99. The van der Waals surface area contributed by atoms with Gasteiger partial charge in [-0.2, -0.15) is 0 Å². The Morgan fingerprint density at radius 3 is 2.40 bits per heavy atom. The second kappa shape index (κ2) is 6.06. The van der Waals surface area contributed by atoms with Crippen LogP contribution < -0.4 is 10.1 Å². The van der Waals surface area contributed by atoms with Crippen molar-refractivity contribution in [2.24, 2.45) is 0 Å². The second-order valence-corrected chi connectivity index (χ2v) is 5.01. The first kappa shape index (κ1) is 14.5. The highest BCUT2D eigenvalue weighted by molar-refractivity contribution is 5.42. The predicted octanol–water partition coefficient (Wildman–Crippen LogP) is 3.76. The molecule has 2 nitrogen and oxygen atoms in total. The van der Waals surface area contributed by atoms with Crippen molar-refractivity contribution in [2.75, 3.05) is 14.2 Å². The molecule has 0 saturated heterocycles. The van der Waals surface area contributed by atoms with Gasteiger partial charge in [-0.1, -0.05) is 12.1 Å². The van der Waals surface area contributed by atoms with Gasteiger partial charge in [-0.3, -0.25) is 0 Å². The zero-order chi connectivity index (χ0) is 14.7. The van der Waals surface area contributed by atoms with E-state index in [1.54, 1.807) is 13.2 Å². The van der Waals surface area contributed by atoms with E-state index in [9.17, 15) is 4.39 Å². The normalized spacial score (nSPS) is 12.2. The van der Waals surface area contributed by atoms with Gasteiger partial charge in [-0.15, -0.1) is 0 Å². The maximum atomic E-state index is 13.6. The molecule has 3 heteroatoms. The van der Waals surface area contributed by atoms with Crippen LogP contribution in [0.2, 0.25) is 0 Å². The van der Waals surface area contributed by atoms with Crippen LogP contribution in [-0.4, -0.2) is 14.2 Å². The van der Waals surface area contributed by atoms with Crippen LogP contribution in [0.5, 0.6) is 5.75 Å². The van der Waals surface area contributed by atoms with Gasteiger partial charge in [-0.25, -0.2) is 4.39 Å². The van der Waals surface area contributed by atoms with E-state index in [0.29, 0.717) is 0 Å². The molecule has 0 heterocycles. The Morgan fingerprint density at radius 1 is 1.10 bits per heavy atom. The summed E-state index contributed by atoms with van der Waals surface area (Å²) >= 11 is 0. The van der Waals surface area contributed by atoms with Gasteiger partial charge in [0.1, 0.15) is 11.6 Å². The summed E-state index contributed by atoms with van der Waals surface area (Å²) in [5.74, 6) is 0.628. The van der Waals surface area contributed by atoms with Gasteiger partial charge in [0, 0.05) is 0 Å². The smallest absolute Gasteiger partial charge is 0.123 e. The highest BCUT2D eigenvalue weighted by Gasteiger charge is 2.15. The monoisotopic (exact) mass is 273 g/mol. The molecule has 0 aliphatic heterocycles. The summed E-state index contributed by atoms with van der Waals surface area (Å²) in [5.41, 5.74) is 4.09. The largest absolute Gasteiger partial charge is 0.497 e. The van der Waals surface area contributed by atoms with E-state index in [2.05, 4.69) is 5.32 Å². The number of ether oxygens (including phenoxy) is 1. The molecule has 0 amide bonds. The molecule has 0 fully saturated rings. The second-order valence-electron chi connectivity index (χ2n) is 5.01. The summed E-state index contributed by atoms with van der Waals surface area (Å²) in [6, 6.07) is 11.0. The average Bonchev–Trinajstić information content (AvgIpc) is 2.40. The van der Waals surface area contributed by atoms with Gasteiger partial charge >= 0.3 is 0 Å². The molecule has 1 N–H and O–H groups in total. The average molecular weight is 273 g/mol. The van der Waals surface area contributed by atoms with E-state index >= 15 is 0 Å². The highest BCUT2D eigenvalue weighted by atomic mass is 19.1. The van der Waals surface area contributed by atoms with Crippen LogP contribution in [0.25, 0.3) is 0 Å². The van der Waals surface area contributed by atoms with Crippen molar-refractivity contribution in [3.8, 4) is 5.75 Å². The molecule has 1 atom stereocenters. The fourth-order valence-electron chi connectivity index (χ4n) is 2.53.